The predicted octanol–water partition coefficient (Wildman–Crippen LogP) is 6.96. The molecule has 2 saturated heterocycles. The summed E-state index contributed by atoms with van der Waals surface area (Å²) >= 11 is 0. The van der Waals surface area contributed by atoms with E-state index in [1.165, 1.54) is 69.4 Å². The van der Waals surface area contributed by atoms with Crippen molar-refractivity contribution >= 4 is 22.6 Å². The van der Waals surface area contributed by atoms with Crippen LogP contribution in [-0.2, 0) is 17.4 Å². The molecule has 5 aliphatic rings. The van der Waals surface area contributed by atoms with Crippen molar-refractivity contribution in [2.24, 2.45) is 17.8 Å². The maximum Gasteiger partial charge on any atom is 0.263 e. The molecule has 1 aliphatic carbocycles. The minimum Gasteiger partial charge on any atom is -0.491 e. The molecule has 4 heterocycles. The molecule has 3 fully saturated rings. The number of anilines is 1. The first-order valence-corrected chi connectivity index (χ1v) is 20.7. The van der Waals surface area contributed by atoms with Crippen LogP contribution in [0.15, 0.2) is 54.6 Å². The van der Waals surface area contributed by atoms with Crippen molar-refractivity contribution < 1.29 is 13.7 Å². The quantitative estimate of drug-likeness (QED) is 0.332. The van der Waals surface area contributed by atoms with Crippen LogP contribution < -0.4 is 14.4 Å². The van der Waals surface area contributed by atoms with Gasteiger partial charge in [-0.1, -0.05) is 63.1 Å². The summed E-state index contributed by atoms with van der Waals surface area (Å²) in [5, 5.41) is -0.0691. The second kappa shape index (κ2) is 16.1. The lowest BCUT2D eigenvalue weighted by atomic mass is 9.66. The van der Waals surface area contributed by atoms with E-state index in [1.807, 2.05) is 18.2 Å². The maximum absolute atomic E-state index is 13.5. The summed E-state index contributed by atoms with van der Waals surface area (Å²) in [5.41, 5.74) is 4.35. The van der Waals surface area contributed by atoms with Gasteiger partial charge in [0.15, 0.2) is 0 Å². The van der Waals surface area contributed by atoms with Crippen molar-refractivity contribution in [1.82, 2.24) is 14.5 Å². The Bertz CT molecular complexity index is 1500. The summed E-state index contributed by atoms with van der Waals surface area (Å²) in [5.74, 6) is 2.55. The number of hydrogen-bond acceptors (Lipinski definition) is 6. The second-order valence-corrected chi connectivity index (χ2v) is 16.9. The van der Waals surface area contributed by atoms with Gasteiger partial charge in [-0.25, -0.2) is 4.21 Å². The molecule has 1 amide bonds. The first-order valence-electron chi connectivity index (χ1n) is 19.4. The molecular formula is C41H58N4O3S. The number of nitrogens with one attached hydrogen (secondary N) is 1. The fourth-order valence-corrected chi connectivity index (χ4v) is 10.5. The van der Waals surface area contributed by atoms with Crippen LogP contribution in [0.3, 0.4) is 0 Å². The zero-order valence-electron chi connectivity index (χ0n) is 29.9. The highest BCUT2D eigenvalue weighted by Gasteiger charge is 2.40. The molecule has 8 heteroatoms. The lowest BCUT2D eigenvalue weighted by Crippen LogP contribution is -2.56. The second-order valence-electron chi connectivity index (χ2n) is 15.4. The molecule has 0 aromatic heterocycles. The average molecular weight is 687 g/mol. The molecule has 49 heavy (non-hydrogen) atoms. The van der Waals surface area contributed by atoms with Gasteiger partial charge in [-0.15, -0.1) is 0 Å². The monoisotopic (exact) mass is 686 g/mol. The Morgan fingerprint density at radius 1 is 0.959 bits per heavy atom. The van der Waals surface area contributed by atoms with E-state index in [0.29, 0.717) is 29.9 Å². The van der Waals surface area contributed by atoms with E-state index in [-0.39, 0.29) is 17.1 Å². The Hall–Kier alpha value is -2.68. The van der Waals surface area contributed by atoms with E-state index in [0.717, 1.165) is 69.2 Å². The molecule has 2 bridgehead atoms. The standard InChI is InChI=1S/C41H58N4O3S/c1-3-11-30-12-6-8-16-37(30)34-27-45-26-33-17-19-38(33)32(25-43-22-23-44-21-10-9-14-35(44)28-43)13-5-7-15-36(4-2)49(47)42-41(46)31-18-20-40(48-29-34)39(45)24-31/h5-6,8,12-13,16,18,20,24,32-36,38H,3-4,7,9-11,14-15,17,19,21-23,25-29H2,1-2H3,(H,42,46)/b13-5+. The van der Waals surface area contributed by atoms with Gasteiger partial charge in [0, 0.05) is 56.8 Å². The summed E-state index contributed by atoms with van der Waals surface area (Å²) in [4.78, 5) is 21.6. The van der Waals surface area contributed by atoms with Gasteiger partial charge in [0.1, 0.15) is 16.7 Å². The molecule has 2 aromatic rings. The number of carbonyl (C=O) groups excluding carboxylic acids is 1. The number of hydrogen-bond donors (Lipinski definition) is 1. The molecule has 7 rings (SSSR count). The van der Waals surface area contributed by atoms with Crippen LogP contribution in [0, 0.1) is 17.8 Å². The van der Waals surface area contributed by atoms with Crippen molar-refractivity contribution in [2.45, 2.75) is 95.3 Å². The van der Waals surface area contributed by atoms with Gasteiger partial charge in [-0.2, -0.15) is 0 Å². The number of piperazine rings is 1. The fraction of sp³-hybridized carbons (Fsp3) is 0.634. The zero-order chi connectivity index (χ0) is 33.7. The highest BCUT2D eigenvalue weighted by atomic mass is 32.2. The molecule has 2 aromatic carbocycles. The number of allylic oxidation sites excluding steroid dienone is 1. The molecule has 266 valence electrons. The summed E-state index contributed by atoms with van der Waals surface area (Å²) in [7, 11) is -1.44. The van der Waals surface area contributed by atoms with Crippen molar-refractivity contribution in [3.63, 3.8) is 0 Å². The number of ether oxygens (including phenoxy) is 1. The predicted molar refractivity (Wildman–Crippen MR) is 201 cm³/mol. The highest BCUT2D eigenvalue weighted by Crippen LogP contribution is 2.44. The van der Waals surface area contributed by atoms with Crippen molar-refractivity contribution in [3.05, 3.63) is 71.3 Å². The van der Waals surface area contributed by atoms with Gasteiger partial charge in [0.2, 0.25) is 0 Å². The van der Waals surface area contributed by atoms with Crippen LogP contribution in [0.1, 0.15) is 99.0 Å². The Balaban J connectivity index is 1.20. The smallest absolute Gasteiger partial charge is 0.263 e. The lowest BCUT2D eigenvalue weighted by Gasteiger charge is -2.48. The van der Waals surface area contributed by atoms with Crippen LogP contribution in [-0.4, -0.2) is 83.6 Å². The molecule has 0 spiro atoms. The third-order valence-corrected chi connectivity index (χ3v) is 13.9. The lowest BCUT2D eigenvalue weighted by molar-refractivity contribution is 0.0283. The van der Waals surface area contributed by atoms with E-state index >= 15 is 0 Å². The maximum atomic E-state index is 13.5. The summed E-state index contributed by atoms with van der Waals surface area (Å²) in [6.07, 6.45) is 16.2. The van der Waals surface area contributed by atoms with Gasteiger partial charge < -0.3 is 9.64 Å². The number of carbonyl (C=O) groups is 1. The van der Waals surface area contributed by atoms with Gasteiger partial charge in [0.05, 0.1) is 17.5 Å². The number of nitrogens with zero attached hydrogens (tertiary/aromatic N) is 3. The largest absolute Gasteiger partial charge is 0.491 e. The van der Waals surface area contributed by atoms with E-state index in [1.54, 1.807) is 0 Å². The van der Waals surface area contributed by atoms with Gasteiger partial charge >= 0.3 is 0 Å². The Kier molecular flexibility index (Phi) is 11.4. The normalized spacial score (nSPS) is 32.1. The van der Waals surface area contributed by atoms with E-state index in [9.17, 15) is 9.00 Å². The third kappa shape index (κ3) is 7.97. The molecule has 7 unspecified atom stereocenters. The number of aryl methyl sites for hydroxylation is 1. The average Bonchev–Trinajstić information content (AvgIpc) is 3.29. The zero-order valence-corrected chi connectivity index (χ0v) is 30.7. The molecule has 7 nitrogen and oxygen atoms in total. The van der Waals surface area contributed by atoms with Crippen molar-refractivity contribution in [3.8, 4) is 5.75 Å². The van der Waals surface area contributed by atoms with Gasteiger partial charge in [-0.3, -0.25) is 19.3 Å². The highest BCUT2D eigenvalue weighted by molar-refractivity contribution is 7.84. The van der Waals surface area contributed by atoms with Gasteiger partial charge in [0.25, 0.3) is 5.91 Å². The van der Waals surface area contributed by atoms with E-state index in [4.69, 9.17) is 4.74 Å². The Labute approximate surface area is 297 Å². The summed E-state index contributed by atoms with van der Waals surface area (Å²) < 4.78 is 22.9. The third-order valence-electron chi connectivity index (χ3n) is 12.3. The van der Waals surface area contributed by atoms with Crippen molar-refractivity contribution in [1.29, 1.82) is 0 Å². The first-order chi connectivity index (χ1) is 24.0. The van der Waals surface area contributed by atoms with Crippen LogP contribution in [0.4, 0.5) is 5.69 Å². The number of fused-ring (bicyclic) bond motifs is 3. The number of amides is 1. The number of rotatable bonds is 6. The molecule has 4 aliphatic heterocycles. The number of benzene rings is 2. The van der Waals surface area contributed by atoms with Gasteiger partial charge in [-0.05, 0) is 105 Å². The Morgan fingerprint density at radius 3 is 2.69 bits per heavy atom. The minimum absolute atomic E-state index is 0.0691. The SMILES string of the molecule is CCCc1ccccc1C1COc2ccc3cc2N(C1)CC1CCC1C(CN1CCN2CCCCC2C1)/C=C/CCC(CC)S(=O)NC3=O. The molecular weight excluding hydrogens is 629 g/mol. The molecule has 0 radical (unpaired) electrons. The van der Waals surface area contributed by atoms with E-state index in [2.05, 4.69) is 69.7 Å². The summed E-state index contributed by atoms with van der Waals surface area (Å²) in [6.45, 7) is 12.8. The Morgan fingerprint density at radius 2 is 1.86 bits per heavy atom. The van der Waals surface area contributed by atoms with Crippen LogP contribution in [0.2, 0.25) is 0 Å². The summed E-state index contributed by atoms with van der Waals surface area (Å²) in [6, 6.07) is 15.4. The number of piperidine rings is 1. The fourth-order valence-electron chi connectivity index (χ4n) is 9.37. The van der Waals surface area contributed by atoms with Crippen LogP contribution in [0.5, 0.6) is 5.75 Å². The van der Waals surface area contributed by atoms with Crippen LogP contribution in [0.25, 0.3) is 0 Å². The van der Waals surface area contributed by atoms with E-state index < -0.39 is 11.0 Å². The first kappa shape index (κ1) is 34.8. The molecule has 1 N–H and O–H groups in total. The molecule has 1 saturated carbocycles. The molecule has 7 atom stereocenters. The van der Waals surface area contributed by atoms with Crippen molar-refractivity contribution in [2.75, 3.05) is 57.3 Å². The van der Waals surface area contributed by atoms with Crippen LogP contribution >= 0.6 is 0 Å². The minimum atomic E-state index is -1.44. The topological polar surface area (TPSA) is 65.1 Å².